The lowest BCUT2D eigenvalue weighted by Gasteiger charge is -2.48. The number of aromatic carboxylic acids is 1. The quantitative estimate of drug-likeness (QED) is 0.290. The van der Waals surface area contributed by atoms with Crippen molar-refractivity contribution in [1.82, 2.24) is 10.2 Å². The first-order valence-corrected chi connectivity index (χ1v) is 15.0. The molecule has 7 nitrogen and oxygen atoms in total. The molecule has 0 spiro atoms. The summed E-state index contributed by atoms with van der Waals surface area (Å²) in [4.78, 5) is 40.9. The van der Waals surface area contributed by atoms with Gasteiger partial charge in [-0.3, -0.25) is 9.59 Å². The summed E-state index contributed by atoms with van der Waals surface area (Å²) in [5.41, 5.74) is 2.62. The van der Waals surface area contributed by atoms with Gasteiger partial charge in [0.2, 0.25) is 5.91 Å². The Hall–Kier alpha value is -2.91. The summed E-state index contributed by atoms with van der Waals surface area (Å²) in [6.45, 7) is 0.278. The number of aliphatic hydroxyl groups excluding tert-OH is 1. The van der Waals surface area contributed by atoms with Crippen molar-refractivity contribution in [2.24, 2.45) is 0 Å². The summed E-state index contributed by atoms with van der Waals surface area (Å²) in [5.74, 6) is -1.82. The number of amides is 2. The van der Waals surface area contributed by atoms with Gasteiger partial charge in [-0.2, -0.15) is 0 Å². The number of fused-ring (bicyclic) bond motifs is 1. The number of aliphatic hydroxyl groups is 1. The first-order valence-electron chi connectivity index (χ1n) is 13.4. The van der Waals surface area contributed by atoms with Crippen LogP contribution in [-0.4, -0.2) is 51.6 Å². The van der Waals surface area contributed by atoms with Crippen LogP contribution in [0.15, 0.2) is 53.9 Å². The van der Waals surface area contributed by atoms with Crippen LogP contribution in [0.3, 0.4) is 0 Å². The van der Waals surface area contributed by atoms with Crippen LogP contribution in [-0.2, 0) is 11.2 Å². The van der Waals surface area contributed by atoms with E-state index in [0.717, 1.165) is 29.7 Å². The van der Waals surface area contributed by atoms with Gasteiger partial charge in [0.05, 0.1) is 18.2 Å². The van der Waals surface area contributed by atoms with Crippen molar-refractivity contribution < 1.29 is 24.6 Å². The zero-order valence-electron chi connectivity index (χ0n) is 21.7. The molecule has 0 radical (unpaired) electrons. The highest BCUT2D eigenvalue weighted by Gasteiger charge is 2.46. The molecule has 1 saturated carbocycles. The maximum atomic E-state index is 14.0. The van der Waals surface area contributed by atoms with E-state index in [2.05, 4.69) is 5.32 Å². The second kappa shape index (κ2) is 12.3. The Morgan fingerprint density at radius 3 is 2.58 bits per heavy atom. The molecule has 1 aliphatic heterocycles. The summed E-state index contributed by atoms with van der Waals surface area (Å²) >= 11 is 14.1. The maximum Gasteiger partial charge on any atom is 0.346 e. The molecular formula is C30H30Cl2N2O5S. The maximum absolute atomic E-state index is 14.0. The van der Waals surface area contributed by atoms with E-state index in [9.17, 15) is 24.6 Å². The van der Waals surface area contributed by atoms with Crippen LogP contribution in [0.2, 0.25) is 10.0 Å². The molecule has 4 atom stereocenters. The average molecular weight is 602 g/mol. The molecule has 40 heavy (non-hydrogen) atoms. The molecule has 0 bridgehead atoms. The van der Waals surface area contributed by atoms with E-state index in [1.165, 1.54) is 0 Å². The number of nitrogens with one attached hydrogen (secondary N) is 1. The lowest BCUT2D eigenvalue weighted by Crippen LogP contribution is -2.54. The number of carboxylic acids is 1. The molecule has 3 N–H and O–H groups in total. The van der Waals surface area contributed by atoms with Crippen LogP contribution in [0, 0.1) is 0 Å². The van der Waals surface area contributed by atoms with Crippen LogP contribution < -0.4 is 5.32 Å². The van der Waals surface area contributed by atoms with Crippen molar-refractivity contribution >= 4 is 52.3 Å². The fraction of sp³-hybridized carbons (Fsp3) is 0.367. The van der Waals surface area contributed by atoms with Crippen molar-refractivity contribution in [3.63, 3.8) is 0 Å². The largest absolute Gasteiger partial charge is 0.477 e. The van der Waals surface area contributed by atoms with E-state index in [4.69, 9.17) is 23.2 Å². The monoisotopic (exact) mass is 600 g/mol. The molecule has 5 rings (SSSR count). The van der Waals surface area contributed by atoms with E-state index in [1.807, 2.05) is 12.1 Å². The smallest absolute Gasteiger partial charge is 0.346 e. The number of carbonyl (C=O) groups excluding carboxylic acids is 2. The molecule has 2 amide bonds. The lowest BCUT2D eigenvalue weighted by atomic mass is 9.75. The zero-order chi connectivity index (χ0) is 28.4. The Kier molecular flexibility index (Phi) is 8.80. The van der Waals surface area contributed by atoms with Gasteiger partial charge in [0.15, 0.2) is 0 Å². The van der Waals surface area contributed by atoms with E-state index >= 15 is 0 Å². The first kappa shape index (κ1) is 28.6. The molecule has 2 aliphatic rings. The molecule has 0 unspecified atom stereocenters. The average Bonchev–Trinajstić information content (AvgIpc) is 3.40. The number of nitrogens with zero attached hydrogens (tertiary/aromatic N) is 1. The molecule has 210 valence electrons. The molecule has 1 aliphatic carbocycles. The van der Waals surface area contributed by atoms with Crippen molar-refractivity contribution in [1.29, 1.82) is 0 Å². The third-order valence-electron chi connectivity index (χ3n) is 7.90. The second-order valence-corrected chi connectivity index (χ2v) is 12.1. The van der Waals surface area contributed by atoms with Gasteiger partial charge in [-0.25, -0.2) is 4.79 Å². The van der Waals surface area contributed by atoms with Gasteiger partial charge in [-0.05, 0) is 65.6 Å². The molecule has 2 heterocycles. The minimum absolute atomic E-state index is 0.0721. The second-order valence-electron chi connectivity index (χ2n) is 10.3. The van der Waals surface area contributed by atoms with Gasteiger partial charge in [0.1, 0.15) is 4.88 Å². The van der Waals surface area contributed by atoms with Crippen molar-refractivity contribution in [2.75, 3.05) is 6.54 Å². The van der Waals surface area contributed by atoms with E-state index in [1.54, 1.807) is 46.7 Å². The normalized spacial score (nSPS) is 22.6. The predicted octanol–water partition coefficient (Wildman–Crippen LogP) is 6.09. The zero-order valence-corrected chi connectivity index (χ0v) is 24.0. The molecule has 1 fully saturated rings. The number of benzene rings is 2. The highest BCUT2D eigenvalue weighted by atomic mass is 35.5. The van der Waals surface area contributed by atoms with Crippen molar-refractivity contribution in [2.45, 2.75) is 62.6 Å². The number of rotatable bonds is 8. The van der Waals surface area contributed by atoms with Crippen molar-refractivity contribution in [3.8, 4) is 0 Å². The third-order valence-corrected chi connectivity index (χ3v) is 9.41. The minimum atomic E-state index is -0.979. The number of halogens is 2. The number of hydrogen-bond acceptors (Lipinski definition) is 5. The summed E-state index contributed by atoms with van der Waals surface area (Å²) in [6.07, 6.45) is 2.82. The van der Waals surface area contributed by atoms with Crippen LogP contribution in [0.4, 0.5) is 0 Å². The van der Waals surface area contributed by atoms with Gasteiger partial charge in [-0.15, -0.1) is 11.3 Å². The first-order chi connectivity index (χ1) is 19.3. The number of carbonyl (C=O) groups is 3. The molecule has 10 heteroatoms. The SMILES string of the molecule is O=C(C[C@@H]1c2ccccc2C(=O)N([C@H]2CCCC[C@@H]2O)[C@H]1c1ccc(Cl)cc1Cl)NCCc1ccsc1C(=O)O. The molecule has 2 aromatic carbocycles. The van der Waals surface area contributed by atoms with Crippen LogP contribution >= 0.6 is 34.5 Å². The van der Waals surface area contributed by atoms with Crippen LogP contribution in [0.25, 0.3) is 0 Å². The molecular weight excluding hydrogens is 571 g/mol. The fourth-order valence-corrected chi connectivity index (χ4v) is 7.39. The Morgan fingerprint density at radius 1 is 1.05 bits per heavy atom. The summed E-state index contributed by atoms with van der Waals surface area (Å²) < 4.78 is 0. The summed E-state index contributed by atoms with van der Waals surface area (Å²) in [5, 5.41) is 25.9. The minimum Gasteiger partial charge on any atom is -0.477 e. The highest BCUT2D eigenvalue weighted by molar-refractivity contribution is 7.12. The number of thiophene rings is 1. The van der Waals surface area contributed by atoms with E-state index in [-0.39, 0.29) is 29.7 Å². The van der Waals surface area contributed by atoms with Crippen LogP contribution in [0.5, 0.6) is 0 Å². The Labute approximate surface area is 246 Å². The predicted molar refractivity (Wildman–Crippen MR) is 155 cm³/mol. The molecule has 0 saturated heterocycles. The van der Waals surface area contributed by atoms with Gasteiger partial charge in [0.25, 0.3) is 5.91 Å². The number of hydrogen-bond donors (Lipinski definition) is 3. The third kappa shape index (κ3) is 5.77. The van der Waals surface area contributed by atoms with Gasteiger partial charge in [0, 0.05) is 34.5 Å². The van der Waals surface area contributed by atoms with Gasteiger partial charge >= 0.3 is 5.97 Å². The number of carboxylic acid groups (broad SMARTS) is 1. The van der Waals surface area contributed by atoms with Crippen LogP contribution in [0.1, 0.15) is 80.8 Å². The summed E-state index contributed by atoms with van der Waals surface area (Å²) in [6, 6.07) is 13.2. The Balaban J connectivity index is 1.48. The topological polar surface area (TPSA) is 107 Å². The standard InChI is InChI=1S/C30H30Cl2N2O5S/c31-18-9-10-21(23(32)15-18)27-22(16-26(36)33-13-11-17-12-14-40-28(17)30(38)39)19-5-1-2-6-20(19)29(37)34(27)24-7-3-4-8-25(24)35/h1-2,5-6,9-10,12,14-15,22,24-25,27,35H,3-4,7-8,11,13,16H2,(H,33,36)(H,38,39)/t22-,24+,25+,27+/m1/s1. The molecule has 3 aromatic rings. The van der Waals surface area contributed by atoms with Crippen molar-refractivity contribution in [3.05, 3.63) is 91.1 Å². The van der Waals surface area contributed by atoms with Gasteiger partial charge < -0.3 is 20.4 Å². The Bertz CT molecular complexity index is 1430. The summed E-state index contributed by atoms with van der Waals surface area (Å²) in [7, 11) is 0. The highest BCUT2D eigenvalue weighted by Crippen LogP contribution is 2.49. The Morgan fingerprint density at radius 2 is 1.82 bits per heavy atom. The molecule has 1 aromatic heterocycles. The fourth-order valence-electron chi connectivity index (χ4n) is 6.08. The lowest BCUT2D eigenvalue weighted by molar-refractivity contribution is -0.122. The van der Waals surface area contributed by atoms with E-state index < -0.39 is 30.1 Å². The van der Waals surface area contributed by atoms with Gasteiger partial charge in [-0.1, -0.05) is 60.3 Å². The van der Waals surface area contributed by atoms with E-state index in [0.29, 0.717) is 46.0 Å².